The fraction of sp³-hybridized carbons (Fsp3) is 0.438. The Kier molecular flexibility index (Phi) is 12.7. The van der Waals surface area contributed by atoms with Crippen molar-refractivity contribution in [2.45, 2.75) is 45.7 Å². The smallest absolute Gasteiger partial charge is 1.00 e. The third kappa shape index (κ3) is 6.10. The minimum absolute atomic E-state index is 0. The van der Waals surface area contributed by atoms with Crippen LogP contribution in [0.3, 0.4) is 0 Å². The molecule has 1 radical (unpaired) electrons. The average molecular weight is 404 g/mol. The topological polar surface area (TPSA) is 0 Å². The van der Waals surface area contributed by atoms with E-state index in [0.29, 0.717) is 0 Å². The molecule has 0 amide bonds. The molecule has 2 rings (SSSR count). The molecule has 20 heavy (non-hydrogen) atoms. The van der Waals surface area contributed by atoms with Crippen LogP contribution in [0.1, 0.15) is 32.6 Å². The summed E-state index contributed by atoms with van der Waals surface area (Å²) in [5.41, 5.74) is 4.32. The molecule has 4 heteroatoms. The van der Waals surface area contributed by atoms with Gasteiger partial charge in [0.1, 0.15) is 0 Å². The standard InChI is InChI=1S/C16H21Si.2ClH.Zr/c1-4-5-6-13-7-8-14(11-13)15-9-10-16(12-15)17(2)3;;;/h7,9-11H,4-6,8H2,1-3H3;2*1H;/q-1;;;+3/p-2. The second-order valence-electron chi connectivity index (χ2n) is 5.04. The monoisotopic (exact) mass is 401 g/mol. The maximum Gasteiger partial charge on any atom is 3.00 e. The molecule has 0 saturated carbocycles. The summed E-state index contributed by atoms with van der Waals surface area (Å²) in [4.78, 5) is 0. The minimum atomic E-state index is -0.347. The molecule has 0 fully saturated rings. The number of hydrogen-bond acceptors (Lipinski definition) is 0. The second kappa shape index (κ2) is 11.1. The number of hydrogen-bond donors (Lipinski definition) is 0. The van der Waals surface area contributed by atoms with Crippen LogP contribution in [0.4, 0.5) is 0 Å². The van der Waals surface area contributed by atoms with E-state index in [4.69, 9.17) is 0 Å². The molecule has 0 unspecified atom stereocenters. The Morgan fingerprint density at radius 2 is 1.90 bits per heavy atom. The van der Waals surface area contributed by atoms with Crippen molar-refractivity contribution in [3.8, 4) is 0 Å². The first-order chi connectivity index (χ1) is 8.20. The molecule has 0 bridgehead atoms. The fourth-order valence-electron chi connectivity index (χ4n) is 2.20. The molecule has 107 valence electrons. The first-order valence-corrected chi connectivity index (χ1v) is 9.10. The van der Waals surface area contributed by atoms with Gasteiger partial charge in [0.25, 0.3) is 0 Å². The maximum atomic E-state index is 3.57. The Hall–Kier alpha value is 0.510. The van der Waals surface area contributed by atoms with Gasteiger partial charge >= 0.3 is 26.2 Å². The van der Waals surface area contributed by atoms with Crippen molar-refractivity contribution in [1.82, 2.24) is 0 Å². The summed E-state index contributed by atoms with van der Waals surface area (Å²) in [6.45, 7) is 6.91. The Balaban J connectivity index is 0. The molecule has 0 heterocycles. The van der Waals surface area contributed by atoms with E-state index in [0.717, 1.165) is 6.42 Å². The van der Waals surface area contributed by atoms with E-state index in [1.54, 1.807) is 0 Å². The summed E-state index contributed by atoms with van der Waals surface area (Å²) in [5, 5.41) is 1.44. The van der Waals surface area contributed by atoms with E-state index < -0.39 is 0 Å². The number of rotatable bonds is 4. The van der Waals surface area contributed by atoms with Crippen LogP contribution in [0.2, 0.25) is 13.1 Å². The summed E-state index contributed by atoms with van der Waals surface area (Å²) in [7, 11) is -0.347. The molecule has 0 atom stereocenters. The van der Waals surface area contributed by atoms with Crippen molar-refractivity contribution in [2.75, 3.05) is 0 Å². The van der Waals surface area contributed by atoms with E-state index in [-0.39, 0.29) is 59.4 Å². The predicted molar refractivity (Wildman–Crippen MR) is 78.7 cm³/mol. The van der Waals surface area contributed by atoms with Gasteiger partial charge in [-0.3, -0.25) is 0 Å². The largest absolute Gasteiger partial charge is 3.00 e. The number of allylic oxidation sites excluding steroid dienone is 8. The number of unbranched alkanes of at least 4 members (excludes halogenated alkanes) is 1. The van der Waals surface area contributed by atoms with Crippen LogP contribution in [-0.2, 0) is 26.2 Å². The zero-order valence-corrected chi connectivity index (χ0v) is 17.4. The van der Waals surface area contributed by atoms with Crippen LogP contribution < -0.4 is 24.8 Å². The van der Waals surface area contributed by atoms with Crippen LogP contribution in [0.5, 0.6) is 0 Å². The summed E-state index contributed by atoms with van der Waals surface area (Å²) >= 11 is 0. The molecule has 0 saturated heterocycles. The van der Waals surface area contributed by atoms with E-state index in [2.05, 4.69) is 50.4 Å². The summed E-state index contributed by atoms with van der Waals surface area (Å²) in [6, 6.07) is 0. The van der Waals surface area contributed by atoms with Crippen LogP contribution in [-0.4, -0.2) is 13.6 Å². The molecular formula is C16H21Cl2SiZr. The molecule has 2 aliphatic carbocycles. The van der Waals surface area contributed by atoms with Crippen molar-refractivity contribution >= 4 is 13.6 Å². The van der Waals surface area contributed by atoms with E-state index in [1.807, 2.05) is 0 Å². The van der Waals surface area contributed by atoms with Gasteiger partial charge in [0.05, 0.1) is 0 Å². The number of halogens is 2. The maximum absolute atomic E-state index is 3.57. The van der Waals surface area contributed by atoms with Crippen molar-refractivity contribution in [2.24, 2.45) is 0 Å². The molecule has 2 aliphatic rings. The third-order valence-electron chi connectivity index (χ3n) is 3.33. The first-order valence-electron chi connectivity index (χ1n) is 6.60. The van der Waals surface area contributed by atoms with Gasteiger partial charge in [-0.1, -0.05) is 44.2 Å². The molecule has 0 aromatic heterocycles. The van der Waals surface area contributed by atoms with Gasteiger partial charge in [-0.2, -0.15) is 17.7 Å². The van der Waals surface area contributed by atoms with E-state index in [9.17, 15) is 0 Å². The van der Waals surface area contributed by atoms with Gasteiger partial charge < -0.3 is 24.8 Å². The predicted octanol–water partition coefficient (Wildman–Crippen LogP) is -1.75. The zero-order valence-electron chi connectivity index (χ0n) is 12.4. The van der Waals surface area contributed by atoms with Gasteiger partial charge in [-0.25, -0.2) is 0 Å². The molecule has 0 aromatic rings. The normalized spacial score (nSPS) is 15.6. The van der Waals surface area contributed by atoms with Crippen molar-refractivity contribution in [3.05, 3.63) is 47.1 Å². The van der Waals surface area contributed by atoms with E-state index >= 15 is 0 Å². The molecule has 0 aliphatic heterocycles. The van der Waals surface area contributed by atoms with Gasteiger partial charge in [0.15, 0.2) is 0 Å². The summed E-state index contributed by atoms with van der Waals surface area (Å²) in [5.74, 6) is 0. The van der Waals surface area contributed by atoms with E-state index in [1.165, 1.54) is 41.2 Å². The van der Waals surface area contributed by atoms with Crippen molar-refractivity contribution in [3.63, 3.8) is 0 Å². The third-order valence-corrected chi connectivity index (χ3v) is 4.70. The van der Waals surface area contributed by atoms with Gasteiger partial charge in [-0.15, -0.1) is 16.8 Å². The SMILES string of the molecule is CCCCC1=CCC(C2=[C-]C(=[Si](C)C)C=C2)=C1.[Cl-].[Cl-].[Zr+3]. The molecule has 0 spiro atoms. The minimum Gasteiger partial charge on any atom is -1.00 e. The summed E-state index contributed by atoms with van der Waals surface area (Å²) in [6.07, 6.45) is 17.8. The van der Waals surface area contributed by atoms with Gasteiger partial charge in [0, 0.05) is 0 Å². The first kappa shape index (κ1) is 22.8. The quantitative estimate of drug-likeness (QED) is 0.386. The zero-order chi connectivity index (χ0) is 12.3. The molecule has 0 aromatic carbocycles. The van der Waals surface area contributed by atoms with Gasteiger partial charge in [-0.05, 0) is 27.7 Å². The van der Waals surface area contributed by atoms with Crippen LogP contribution in [0, 0.1) is 6.08 Å². The Labute approximate surface area is 156 Å². The summed E-state index contributed by atoms with van der Waals surface area (Å²) < 4.78 is 0. The average Bonchev–Trinajstić information content (AvgIpc) is 2.94. The Bertz CT molecular complexity index is 467. The van der Waals surface area contributed by atoms with Crippen LogP contribution in [0.25, 0.3) is 0 Å². The molecule has 0 nitrogen and oxygen atoms in total. The van der Waals surface area contributed by atoms with Gasteiger partial charge in [0.2, 0.25) is 0 Å². The van der Waals surface area contributed by atoms with Crippen molar-refractivity contribution < 1.29 is 51.0 Å². The Morgan fingerprint density at radius 1 is 1.20 bits per heavy atom. The second-order valence-corrected chi connectivity index (χ2v) is 7.58. The van der Waals surface area contributed by atoms with Crippen LogP contribution in [0.15, 0.2) is 41.0 Å². The fourth-order valence-corrected chi connectivity index (χ4v) is 3.00. The molecular weight excluding hydrogens is 382 g/mol. The molecule has 0 N–H and O–H groups in total. The van der Waals surface area contributed by atoms with Crippen LogP contribution >= 0.6 is 0 Å². The Morgan fingerprint density at radius 3 is 2.45 bits per heavy atom. The van der Waals surface area contributed by atoms with Crippen molar-refractivity contribution in [1.29, 1.82) is 0 Å².